The first-order chi connectivity index (χ1) is 8.77. The van der Waals surface area contributed by atoms with Crippen LogP contribution in [0, 0.1) is 6.92 Å². The number of hydrogen-bond donors (Lipinski definition) is 0. The van der Waals surface area contributed by atoms with Crippen LogP contribution in [0.3, 0.4) is 0 Å². The first kappa shape index (κ1) is 11.2. The monoisotopic (exact) mass is 240 g/mol. The minimum Gasteiger partial charge on any atom is -0.302 e. The molecule has 0 aliphatic heterocycles. The minimum absolute atomic E-state index is 0.129. The summed E-state index contributed by atoms with van der Waals surface area (Å²) in [7, 11) is 0. The smallest absolute Gasteiger partial charge is 0.280 e. The molecule has 1 aliphatic carbocycles. The predicted octanol–water partition coefficient (Wildman–Crippen LogP) is 3.12. The molecule has 0 fully saturated rings. The summed E-state index contributed by atoms with van der Waals surface area (Å²) in [6.45, 7) is 1.91. The molecule has 0 N–H and O–H groups in total. The Labute approximate surface area is 106 Å². The summed E-state index contributed by atoms with van der Waals surface area (Å²) in [4.78, 5) is 16.0. The van der Waals surface area contributed by atoms with Gasteiger partial charge in [0.1, 0.15) is 5.82 Å². The van der Waals surface area contributed by atoms with Gasteiger partial charge in [-0.2, -0.15) is 4.98 Å². The van der Waals surface area contributed by atoms with E-state index in [2.05, 4.69) is 15.6 Å². The molecule has 3 heteroatoms. The van der Waals surface area contributed by atoms with Crippen molar-refractivity contribution in [2.45, 2.75) is 32.6 Å². The molecule has 0 saturated heterocycles. The fourth-order valence-corrected chi connectivity index (χ4v) is 2.67. The maximum atomic E-state index is 11.9. The Morgan fingerprint density at radius 1 is 1.22 bits per heavy atom. The largest absolute Gasteiger partial charge is 0.302 e. The van der Waals surface area contributed by atoms with Crippen molar-refractivity contribution >= 4 is 16.6 Å². The molecule has 2 aromatic rings. The first-order valence-corrected chi connectivity index (χ1v) is 6.45. The van der Waals surface area contributed by atoms with Crippen molar-refractivity contribution in [2.24, 2.45) is 0 Å². The Morgan fingerprint density at radius 3 is 2.83 bits per heavy atom. The highest BCUT2D eigenvalue weighted by Gasteiger charge is 2.12. The highest BCUT2D eigenvalue weighted by molar-refractivity contribution is 5.81. The van der Waals surface area contributed by atoms with Gasteiger partial charge in [0.15, 0.2) is 0 Å². The molecule has 18 heavy (non-hydrogen) atoms. The zero-order chi connectivity index (χ0) is 12.5. The molecule has 3 nitrogen and oxygen atoms in total. The number of rotatable bonds is 1. The molecule has 1 aromatic heterocycles. The average Bonchev–Trinajstić information content (AvgIpc) is 2.40. The van der Waals surface area contributed by atoms with Crippen LogP contribution in [0.1, 0.15) is 31.5 Å². The Bertz CT molecular complexity index is 682. The molecule has 92 valence electrons. The number of aryl methyl sites for hydroxylation is 1. The second-order valence-corrected chi connectivity index (χ2v) is 4.76. The Kier molecular flexibility index (Phi) is 2.74. The van der Waals surface area contributed by atoms with Crippen molar-refractivity contribution in [3.05, 3.63) is 46.5 Å². The number of hydrogen-bond acceptors (Lipinski definition) is 2. The molecule has 0 spiro atoms. The molecule has 0 atom stereocenters. The van der Waals surface area contributed by atoms with Gasteiger partial charge in [0.05, 0.1) is 10.9 Å². The van der Waals surface area contributed by atoms with Crippen molar-refractivity contribution in [3.8, 4) is 0 Å². The van der Waals surface area contributed by atoms with Crippen LogP contribution in [0.5, 0.6) is 0 Å². The number of nitrogens with zero attached hydrogens (tertiary/aromatic N) is 2. The van der Waals surface area contributed by atoms with Gasteiger partial charge in [-0.1, -0.05) is 18.2 Å². The van der Waals surface area contributed by atoms with E-state index in [9.17, 15) is 4.79 Å². The molecular weight excluding hydrogens is 224 g/mol. The number of allylic oxidation sites excluding steroid dienone is 2. The third-order valence-corrected chi connectivity index (χ3v) is 3.52. The van der Waals surface area contributed by atoms with E-state index in [1.54, 1.807) is 0 Å². The highest BCUT2D eigenvalue weighted by Crippen LogP contribution is 2.25. The summed E-state index contributed by atoms with van der Waals surface area (Å²) in [5.74, 6) is 0.784. The van der Waals surface area contributed by atoms with Crippen LogP contribution in [0.15, 0.2) is 35.1 Å². The normalized spacial score (nSPS) is 15.7. The van der Waals surface area contributed by atoms with E-state index in [-0.39, 0.29) is 5.56 Å². The van der Waals surface area contributed by atoms with Gasteiger partial charge in [-0.25, -0.2) is 0 Å². The molecule has 1 aliphatic rings. The van der Waals surface area contributed by atoms with E-state index in [0.29, 0.717) is 5.39 Å². The fourth-order valence-electron chi connectivity index (χ4n) is 2.67. The summed E-state index contributed by atoms with van der Waals surface area (Å²) in [5.41, 5.74) is 2.13. The predicted molar refractivity (Wildman–Crippen MR) is 73.5 cm³/mol. The van der Waals surface area contributed by atoms with Crippen molar-refractivity contribution in [1.29, 1.82) is 0 Å². The zero-order valence-corrected chi connectivity index (χ0v) is 10.5. The minimum atomic E-state index is -0.129. The van der Waals surface area contributed by atoms with Gasteiger partial charge in [0.25, 0.3) is 5.56 Å². The lowest BCUT2D eigenvalue weighted by Crippen LogP contribution is -2.17. The summed E-state index contributed by atoms with van der Waals surface area (Å²) in [6, 6.07) is 7.71. The topological polar surface area (TPSA) is 34.9 Å². The summed E-state index contributed by atoms with van der Waals surface area (Å²) in [5, 5.41) is 0.703. The van der Waals surface area contributed by atoms with Crippen molar-refractivity contribution in [2.75, 3.05) is 0 Å². The van der Waals surface area contributed by atoms with Gasteiger partial charge in [0, 0.05) is 5.70 Å². The van der Waals surface area contributed by atoms with E-state index in [1.807, 2.05) is 31.2 Å². The number of para-hydroxylation sites is 1. The molecule has 0 amide bonds. The zero-order valence-electron chi connectivity index (χ0n) is 10.5. The quantitative estimate of drug-likeness (QED) is 0.767. The van der Waals surface area contributed by atoms with Gasteiger partial charge >= 0.3 is 0 Å². The van der Waals surface area contributed by atoms with Crippen LogP contribution in [0.25, 0.3) is 16.6 Å². The third-order valence-electron chi connectivity index (χ3n) is 3.52. The molecule has 3 rings (SSSR count). The van der Waals surface area contributed by atoms with Crippen LogP contribution in [-0.2, 0) is 0 Å². The van der Waals surface area contributed by atoms with Crippen LogP contribution in [-0.4, -0.2) is 9.55 Å². The average molecular weight is 240 g/mol. The van der Waals surface area contributed by atoms with E-state index in [4.69, 9.17) is 0 Å². The Hall–Kier alpha value is -1.90. The maximum absolute atomic E-state index is 11.9. The van der Waals surface area contributed by atoms with Gasteiger partial charge in [-0.3, -0.25) is 4.79 Å². The Morgan fingerprint density at radius 2 is 2.06 bits per heavy atom. The third kappa shape index (κ3) is 1.76. The summed E-state index contributed by atoms with van der Waals surface area (Å²) < 4.78 is 2.13. The van der Waals surface area contributed by atoms with Crippen LogP contribution in [0.4, 0.5) is 0 Å². The second kappa shape index (κ2) is 4.41. The van der Waals surface area contributed by atoms with Gasteiger partial charge in [-0.15, -0.1) is 0 Å². The lowest BCUT2D eigenvalue weighted by atomic mass is 10.0. The van der Waals surface area contributed by atoms with Gasteiger partial charge in [0.2, 0.25) is 0 Å². The van der Waals surface area contributed by atoms with E-state index in [1.165, 1.54) is 18.5 Å². The highest BCUT2D eigenvalue weighted by atomic mass is 16.1. The van der Waals surface area contributed by atoms with Crippen molar-refractivity contribution < 1.29 is 0 Å². The SMILES string of the molecule is Cc1nc(=O)c2ccccc2n1C1=CCCCC1. The maximum Gasteiger partial charge on any atom is 0.280 e. The standard InChI is InChI=1S/C15H16N2O/c1-11-16-15(18)13-9-5-6-10-14(13)17(11)12-7-3-2-4-8-12/h5-7,9-10H,2-4,8H2,1H3. The summed E-state index contributed by atoms with van der Waals surface area (Å²) in [6.07, 6.45) is 6.93. The van der Waals surface area contributed by atoms with Crippen LogP contribution in [0.2, 0.25) is 0 Å². The number of benzene rings is 1. The van der Waals surface area contributed by atoms with E-state index >= 15 is 0 Å². The first-order valence-electron chi connectivity index (χ1n) is 6.45. The van der Waals surface area contributed by atoms with Crippen molar-refractivity contribution in [1.82, 2.24) is 9.55 Å². The molecule has 0 radical (unpaired) electrons. The van der Waals surface area contributed by atoms with Crippen molar-refractivity contribution in [3.63, 3.8) is 0 Å². The molecule has 0 unspecified atom stereocenters. The lowest BCUT2D eigenvalue weighted by molar-refractivity contribution is 0.713. The van der Waals surface area contributed by atoms with Crippen LogP contribution >= 0.6 is 0 Å². The van der Waals surface area contributed by atoms with E-state index in [0.717, 1.165) is 24.2 Å². The summed E-state index contributed by atoms with van der Waals surface area (Å²) >= 11 is 0. The molecule has 1 heterocycles. The molecule has 0 saturated carbocycles. The number of aromatic nitrogens is 2. The van der Waals surface area contributed by atoms with Gasteiger partial charge in [-0.05, 0) is 44.7 Å². The lowest BCUT2D eigenvalue weighted by Gasteiger charge is -2.19. The number of fused-ring (bicyclic) bond motifs is 1. The van der Waals surface area contributed by atoms with Crippen LogP contribution < -0.4 is 5.56 Å². The molecular formula is C15H16N2O. The molecule has 1 aromatic carbocycles. The fraction of sp³-hybridized carbons (Fsp3) is 0.333. The molecule has 0 bridgehead atoms. The second-order valence-electron chi connectivity index (χ2n) is 4.76. The Balaban J connectivity index is 2.34. The van der Waals surface area contributed by atoms with Gasteiger partial charge < -0.3 is 4.57 Å². The van der Waals surface area contributed by atoms with E-state index < -0.39 is 0 Å².